The standard InChI is InChI=1S/C18H24N2O3S/c21-18(19-12-11-15-5-2-1-3-6-15)16-7-9-17(10-8-16)20-13-4-14-24(20,22)23/h5,7-10H,1-4,6,11-14H2,(H,19,21). The van der Waals surface area contributed by atoms with Gasteiger partial charge >= 0.3 is 0 Å². The van der Waals surface area contributed by atoms with Crippen molar-refractivity contribution in [2.24, 2.45) is 0 Å². The quantitative estimate of drug-likeness (QED) is 0.832. The third-order valence-corrected chi connectivity index (χ3v) is 6.50. The molecule has 1 aromatic carbocycles. The Morgan fingerprint density at radius 1 is 1.12 bits per heavy atom. The fraction of sp³-hybridized carbons (Fsp3) is 0.500. The number of nitrogens with one attached hydrogen (secondary N) is 1. The molecule has 1 aromatic rings. The number of amides is 1. The molecule has 1 heterocycles. The number of hydrogen-bond donors (Lipinski definition) is 1. The molecule has 0 saturated carbocycles. The summed E-state index contributed by atoms with van der Waals surface area (Å²) >= 11 is 0. The molecule has 1 N–H and O–H groups in total. The molecule has 0 aromatic heterocycles. The average Bonchev–Trinajstić information content (AvgIpc) is 2.95. The minimum Gasteiger partial charge on any atom is -0.352 e. The number of nitrogens with zero attached hydrogens (tertiary/aromatic N) is 1. The second-order valence-corrected chi connectivity index (χ2v) is 8.42. The lowest BCUT2D eigenvalue weighted by molar-refractivity contribution is 0.0954. The number of hydrogen-bond acceptors (Lipinski definition) is 3. The first kappa shape index (κ1) is 17.0. The molecule has 0 unspecified atom stereocenters. The lowest BCUT2D eigenvalue weighted by Crippen LogP contribution is -2.26. The van der Waals surface area contributed by atoms with E-state index in [9.17, 15) is 13.2 Å². The molecule has 0 spiro atoms. The highest BCUT2D eigenvalue weighted by Gasteiger charge is 2.28. The third-order valence-electron chi connectivity index (χ3n) is 4.63. The van der Waals surface area contributed by atoms with Crippen LogP contribution in [-0.4, -0.2) is 33.2 Å². The molecule has 0 radical (unpaired) electrons. The summed E-state index contributed by atoms with van der Waals surface area (Å²) in [5.41, 5.74) is 2.64. The van der Waals surface area contributed by atoms with E-state index in [4.69, 9.17) is 0 Å². The summed E-state index contributed by atoms with van der Waals surface area (Å²) in [4.78, 5) is 12.2. The highest BCUT2D eigenvalue weighted by Crippen LogP contribution is 2.24. The molecule has 1 aliphatic heterocycles. The van der Waals surface area contributed by atoms with Crippen LogP contribution in [0.25, 0.3) is 0 Å². The topological polar surface area (TPSA) is 66.5 Å². The van der Waals surface area contributed by atoms with Gasteiger partial charge in [-0.3, -0.25) is 9.10 Å². The zero-order valence-electron chi connectivity index (χ0n) is 13.8. The van der Waals surface area contributed by atoms with E-state index in [-0.39, 0.29) is 11.7 Å². The summed E-state index contributed by atoms with van der Waals surface area (Å²) in [6, 6.07) is 6.81. The molecular weight excluding hydrogens is 324 g/mol. The van der Waals surface area contributed by atoms with Gasteiger partial charge < -0.3 is 5.32 Å². The van der Waals surface area contributed by atoms with Crippen LogP contribution in [-0.2, 0) is 10.0 Å². The second-order valence-electron chi connectivity index (χ2n) is 6.40. The fourth-order valence-electron chi connectivity index (χ4n) is 3.28. The van der Waals surface area contributed by atoms with Gasteiger partial charge in [-0.25, -0.2) is 8.42 Å². The summed E-state index contributed by atoms with van der Waals surface area (Å²) in [5.74, 6) is 0.0905. The van der Waals surface area contributed by atoms with Crippen molar-refractivity contribution in [3.8, 4) is 0 Å². The van der Waals surface area contributed by atoms with Gasteiger partial charge in [0.1, 0.15) is 0 Å². The van der Waals surface area contributed by atoms with Gasteiger partial charge in [0.15, 0.2) is 0 Å². The lowest BCUT2D eigenvalue weighted by atomic mass is 9.97. The molecule has 1 amide bonds. The van der Waals surface area contributed by atoms with Crippen LogP contribution in [0, 0.1) is 0 Å². The number of anilines is 1. The maximum absolute atomic E-state index is 12.2. The van der Waals surface area contributed by atoms with E-state index >= 15 is 0 Å². The minimum absolute atomic E-state index is 0.109. The van der Waals surface area contributed by atoms with E-state index < -0.39 is 10.0 Å². The Morgan fingerprint density at radius 2 is 1.92 bits per heavy atom. The van der Waals surface area contributed by atoms with Crippen LogP contribution in [0.2, 0.25) is 0 Å². The molecule has 2 aliphatic rings. The van der Waals surface area contributed by atoms with Crippen molar-refractivity contribution < 1.29 is 13.2 Å². The van der Waals surface area contributed by atoms with Gasteiger partial charge in [-0.1, -0.05) is 11.6 Å². The van der Waals surface area contributed by atoms with E-state index in [1.165, 1.54) is 22.7 Å². The predicted octanol–water partition coefficient (Wildman–Crippen LogP) is 2.85. The largest absolute Gasteiger partial charge is 0.352 e. The maximum atomic E-state index is 12.2. The van der Waals surface area contributed by atoms with Crippen molar-refractivity contribution in [2.75, 3.05) is 23.1 Å². The van der Waals surface area contributed by atoms with E-state index in [1.807, 2.05) is 0 Å². The van der Waals surface area contributed by atoms with Crippen molar-refractivity contribution in [1.29, 1.82) is 0 Å². The lowest BCUT2D eigenvalue weighted by Gasteiger charge is -2.17. The van der Waals surface area contributed by atoms with Gasteiger partial charge in [-0.05, 0) is 62.8 Å². The Kier molecular flexibility index (Phi) is 5.23. The monoisotopic (exact) mass is 348 g/mol. The van der Waals surface area contributed by atoms with Gasteiger partial charge in [-0.2, -0.15) is 0 Å². The van der Waals surface area contributed by atoms with Gasteiger partial charge in [-0.15, -0.1) is 0 Å². The third kappa shape index (κ3) is 3.98. The van der Waals surface area contributed by atoms with Crippen molar-refractivity contribution in [1.82, 2.24) is 5.32 Å². The molecular formula is C18H24N2O3S. The Bertz CT molecular complexity index is 723. The molecule has 1 saturated heterocycles. The average molecular weight is 348 g/mol. The molecule has 1 fully saturated rings. The number of carbonyl (C=O) groups is 1. The molecule has 130 valence electrons. The molecule has 24 heavy (non-hydrogen) atoms. The number of rotatable bonds is 5. The van der Waals surface area contributed by atoms with Crippen LogP contribution < -0.4 is 9.62 Å². The summed E-state index contributed by atoms with van der Waals surface area (Å²) in [7, 11) is -3.17. The summed E-state index contributed by atoms with van der Waals surface area (Å²) < 4.78 is 25.2. The molecule has 1 aliphatic carbocycles. The van der Waals surface area contributed by atoms with Gasteiger partial charge in [0.05, 0.1) is 11.4 Å². The van der Waals surface area contributed by atoms with Gasteiger partial charge in [0.25, 0.3) is 5.91 Å². The molecule has 3 rings (SSSR count). The predicted molar refractivity (Wildman–Crippen MR) is 95.7 cm³/mol. The van der Waals surface area contributed by atoms with E-state index in [1.54, 1.807) is 24.3 Å². The Balaban J connectivity index is 1.55. The molecule has 0 bridgehead atoms. The zero-order chi connectivity index (χ0) is 17.0. The Hall–Kier alpha value is -1.82. The summed E-state index contributed by atoms with van der Waals surface area (Å²) in [5, 5.41) is 2.94. The first-order valence-electron chi connectivity index (χ1n) is 8.63. The van der Waals surface area contributed by atoms with Crippen LogP contribution in [0.3, 0.4) is 0 Å². The fourth-order valence-corrected chi connectivity index (χ4v) is 4.84. The smallest absolute Gasteiger partial charge is 0.251 e. The van der Waals surface area contributed by atoms with E-state index in [0.717, 1.165) is 19.3 Å². The molecule has 6 heteroatoms. The zero-order valence-corrected chi connectivity index (χ0v) is 14.6. The minimum atomic E-state index is -3.17. The maximum Gasteiger partial charge on any atom is 0.251 e. The normalized spacial score (nSPS) is 19.8. The van der Waals surface area contributed by atoms with Crippen molar-refractivity contribution in [3.63, 3.8) is 0 Å². The molecule has 0 atom stereocenters. The summed E-state index contributed by atoms with van der Waals surface area (Å²) in [6.07, 6.45) is 8.69. The van der Waals surface area contributed by atoms with Gasteiger partial charge in [0.2, 0.25) is 10.0 Å². The van der Waals surface area contributed by atoms with Crippen LogP contribution in [0.4, 0.5) is 5.69 Å². The Labute approximate surface area is 143 Å². The van der Waals surface area contributed by atoms with Crippen LogP contribution in [0.15, 0.2) is 35.9 Å². The first-order chi connectivity index (χ1) is 11.6. The second kappa shape index (κ2) is 7.38. The Morgan fingerprint density at radius 3 is 2.54 bits per heavy atom. The van der Waals surface area contributed by atoms with Crippen LogP contribution in [0.5, 0.6) is 0 Å². The van der Waals surface area contributed by atoms with E-state index in [0.29, 0.717) is 30.8 Å². The van der Waals surface area contributed by atoms with Gasteiger partial charge in [0, 0.05) is 18.7 Å². The number of allylic oxidation sites excluding steroid dienone is 1. The van der Waals surface area contributed by atoms with Crippen molar-refractivity contribution >= 4 is 21.6 Å². The highest BCUT2D eigenvalue weighted by atomic mass is 32.2. The summed E-state index contributed by atoms with van der Waals surface area (Å²) in [6.45, 7) is 1.16. The van der Waals surface area contributed by atoms with Crippen LogP contribution in [0.1, 0.15) is 48.9 Å². The first-order valence-corrected chi connectivity index (χ1v) is 10.2. The van der Waals surface area contributed by atoms with Crippen LogP contribution >= 0.6 is 0 Å². The SMILES string of the molecule is O=C(NCCC1=CCCCC1)c1ccc(N2CCCS2(=O)=O)cc1. The van der Waals surface area contributed by atoms with Crippen molar-refractivity contribution in [2.45, 2.75) is 38.5 Å². The number of benzene rings is 1. The molecule has 5 nitrogen and oxygen atoms in total. The van der Waals surface area contributed by atoms with E-state index in [2.05, 4.69) is 11.4 Å². The highest BCUT2D eigenvalue weighted by molar-refractivity contribution is 7.93. The van der Waals surface area contributed by atoms with Crippen molar-refractivity contribution in [3.05, 3.63) is 41.5 Å². The number of carbonyl (C=O) groups excluding carboxylic acids is 1. The number of sulfonamides is 1.